The van der Waals surface area contributed by atoms with Gasteiger partial charge in [0, 0.05) is 47.2 Å². The number of halogens is 2. The minimum Gasteiger partial charge on any atom is -0.341 e. The number of urea groups is 1. The summed E-state index contributed by atoms with van der Waals surface area (Å²) in [4.78, 5) is 33.1. The van der Waals surface area contributed by atoms with E-state index in [2.05, 4.69) is 62.3 Å². The van der Waals surface area contributed by atoms with Crippen LogP contribution in [0.3, 0.4) is 0 Å². The first kappa shape index (κ1) is 22.8. The Bertz CT molecular complexity index is 1100. The number of pyridine rings is 1. The van der Waals surface area contributed by atoms with E-state index in [1.165, 1.54) is 32.4 Å². The number of nitrogens with zero attached hydrogens (tertiary/aromatic N) is 3. The van der Waals surface area contributed by atoms with Gasteiger partial charge in [-0.2, -0.15) is 0 Å². The number of benzene rings is 1. The Balaban J connectivity index is 1.40. The Morgan fingerprint density at radius 3 is 2.61 bits per heavy atom. The van der Waals surface area contributed by atoms with Gasteiger partial charge in [0.2, 0.25) is 5.91 Å². The van der Waals surface area contributed by atoms with E-state index in [-0.39, 0.29) is 24.4 Å². The van der Waals surface area contributed by atoms with Crippen molar-refractivity contribution in [2.24, 2.45) is 5.92 Å². The number of aromatic nitrogens is 1. The van der Waals surface area contributed by atoms with Crippen LogP contribution in [0.25, 0.3) is 0 Å². The van der Waals surface area contributed by atoms with E-state index in [0.717, 1.165) is 43.2 Å². The van der Waals surface area contributed by atoms with Crippen LogP contribution in [0.5, 0.6) is 0 Å². The minimum absolute atomic E-state index is 0.0472. The molecule has 3 aliphatic rings. The molecule has 0 unspecified atom stereocenters. The number of aryl methyl sites for hydroxylation is 3. The van der Waals surface area contributed by atoms with Crippen LogP contribution in [0.1, 0.15) is 46.7 Å². The highest BCUT2D eigenvalue weighted by Gasteiger charge is 2.36. The van der Waals surface area contributed by atoms with Crippen molar-refractivity contribution in [3.8, 4) is 0 Å². The molecule has 8 heteroatoms. The van der Waals surface area contributed by atoms with Crippen molar-refractivity contribution >= 4 is 43.8 Å². The summed E-state index contributed by atoms with van der Waals surface area (Å²) in [5, 5.41) is 2.77. The molecular weight excluding hydrogens is 548 g/mol. The number of hydrogen-bond donors (Lipinski definition) is 1. The molecule has 1 atom stereocenters. The number of fused-ring (bicyclic) bond motifs is 2. The van der Waals surface area contributed by atoms with Gasteiger partial charge in [0.15, 0.2) is 0 Å². The average Bonchev–Trinajstić information content (AvgIpc) is 3.11. The fraction of sp³-hybridized carbons (Fsp3) is 0.480. The SMILES string of the molecule is Cc1cc(Br)c2c(c1)CCc1cc(Br)cnc1[C@@H]2C1CCN(C(=O)CN2CCNC2=O)CC1. The smallest absolute Gasteiger partial charge is 0.317 e. The molecule has 0 bridgehead atoms. The highest BCUT2D eigenvalue weighted by molar-refractivity contribution is 9.10. The molecule has 174 valence electrons. The monoisotopic (exact) mass is 574 g/mol. The predicted molar refractivity (Wildman–Crippen MR) is 134 cm³/mol. The molecule has 33 heavy (non-hydrogen) atoms. The maximum atomic E-state index is 12.8. The van der Waals surface area contributed by atoms with Crippen molar-refractivity contribution < 1.29 is 9.59 Å². The number of hydrogen-bond acceptors (Lipinski definition) is 3. The molecule has 3 amide bonds. The van der Waals surface area contributed by atoms with Gasteiger partial charge in [-0.15, -0.1) is 0 Å². The minimum atomic E-state index is -0.137. The van der Waals surface area contributed by atoms with Gasteiger partial charge in [-0.1, -0.05) is 22.0 Å². The van der Waals surface area contributed by atoms with Crippen LogP contribution in [-0.2, 0) is 17.6 Å². The summed E-state index contributed by atoms with van der Waals surface area (Å²) < 4.78 is 2.19. The van der Waals surface area contributed by atoms with E-state index in [1.807, 2.05) is 11.1 Å². The van der Waals surface area contributed by atoms with Crippen LogP contribution >= 0.6 is 31.9 Å². The van der Waals surface area contributed by atoms with Crippen LogP contribution in [0.15, 0.2) is 33.3 Å². The van der Waals surface area contributed by atoms with Crippen molar-refractivity contribution in [2.75, 3.05) is 32.7 Å². The quantitative estimate of drug-likeness (QED) is 0.589. The molecule has 2 aromatic rings. The second kappa shape index (κ2) is 9.37. The molecule has 0 saturated carbocycles. The van der Waals surface area contributed by atoms with E-state index >= 15 is 0 Å². The van der Waals surface area contributed by atoms with Crippen LogP contribution in [0.2, 0.25) is 0 Å². The van der Waals surface area contributed by atoms with E-state index in [9.17, 15) is 9.59 Å². The van der Waals surface area contributed by atoms with Gasteiger partial charge in [0.1, 0.15) is 6.54 Å². The molecule has 1 aromatic carbocycles. The zero-order chi connectivity index (χ0) is 23.1. The molecule has 2 fully saturated rings. The highest BCUT2D eigenvalue weighted by atomic mass is 79.9. The van der Waals surface area contributed by atoms with Crippen LogP contribution in [0, 0.1) is 12.8 Å². The number of amides is 3. The third kappa shape index (κ3) is 4.56. The summed E-state index contributed by atoms with van der Waals surface area (Å²) in [6.45, 7) is 4.99. The lowest BCUT2D eigenvalue weighted by Crippen LogP contribution is -2.45. The Labute approximate surface area is 211 Å². The second-order valence-corrected chi connectivity index (χ2v) is 11.1. The van der Waals surface area contributed by atoms with Crippen molar-refractivity contribution in [3.63, 3.8) is 0 Å². The molecule has 3 heterocycles. The summed E-state index contributed by atoms with van der Waals surface area (Å²) in [7, 11) is 0. The van der Waals surface area contributed by atoms with Gasteiger partial charge in [0.05, 0.1) is 5.69 Å². The maximum Gasteiger partial charge on any atom is 0.317 e. The van der Waals surface area contributed by atoms with Crippen LogP contribution in [-0.4, -0.2) is 59.4 Å². The number of carbonyl (C=O) groups excluding carboxylic acids is 2. The van der Waals surface area contributed by atoms with Gasteiger partial charge in [-0.25, -0.2) is 4.79 Å². The van der Waals surface area contributed by atoms with Gasteiger partial charge in [-0.3, -0.25) is 9.78 Å². The topological polar surface area (TPSA) is 65.5 Å². The van der Waals surface area contributed by atoms with Crippen molar-refractivity contribution in [3.05, 3.63) is 61.3 Å². The van der Waals surface area contributed by atoms with Gasteiger partial charge < -0.3 is 15.1 Å². The fourth-order valence-electron chi connectivity index (χ4n) is 5.62. The third-order valence-electron chi connectivity index (χ3n) is 7.23. The Hall–Kier alpha value is -1.93. The molecule has 6 nitrogen and oxygen atoms in total. The fourth-order valence-corrected chi connectivity index (χ4v) is 6.87. The van der Waals surface area contributed by atoms with Crippen molar-refractivity contribution in [1.29, 1.82) is 0 Å². The number of piperidine rings is 1. The Morgan fingerprint density at radius 1 is 1.12 bits per heavy atom. The molecule has 5 rings (SSSR count). The largest absolute Gasteiger partial charge is 0.341 e. The van der Waals surface area contributed by atoms with E-state index in [4.69, 9.17) is 4.98 Å². The number of carbonyl (C=O) groups is 2. The average molecular weight is 576 g/mol. The summed E-state index contributed by atoms with van der Waals surface area (Å²) in [5.41, 5.74) is 6.53. The first-order chi connectivity index (χ1) is 15.9. The van der Waals surface area contributed by atoms with Gasteiger partial charge >= 0.3 is 6.03 Å². The summed E-state index contributed by atoms with van der Waals surface area (Å²) in [6.07, 6.45) is 5.76. The molecule has 1 N–H and O–H groups in total. The molecule has 0 spiro atoms. The number of nitrogens with one attached hydrogen (secondary N) is 1. The van der Waals surface area contributed by atoms with Crippen LogP contribution in [0.4, 0.5) is 4.79 Å². The molecule has 1 aliphatic carbocycles. The molecule has 0 radical (unpaired) electrons. The zero-order valence-electron chi connectivity index (χ0n) is 18.7. The number of rotatable bonds is 3. The van der Waals surface area contributed by atoms with E-state index in [1.54, 1.807) is 4.90 Å². The predicted octanol–water partition coefficient (Wildman–Crippen LogP) is 4.41. The van der Waals surface area contributed by atoms with Crippen LogP contribution < -0.4 is 5.32 Å². The normalized spacial score (nSPS) is 20.8. The Morgan fingerprint density at radius 2 is 1.88 bits per heavy atom. The number of likely N-dealkylation sites (tertiary alicyclic amines) is 1. The lowest BCUT2D eigenvalue weighted by atomic mass is 9.76. The first-order valence-corrected chi connectivity index (χ1v) is 13.2. The summed E-state index contributed by atoms with van der Waals surface area (Å²) in [5.74, 6) is 0.667. The standard InChI is InChI=1S/C25H28Br2N4O2/c1-15-10-17-2-3-18-12-19(26)13-29-24(18)23(22(17)20(27)11-15)16-4-7-30(8-5-16)21(32)14-31-9-6-28-25(31)33/h10-13,16,23H,2-9,14H2,1H3,(H,28,33)/t23-/m1/s1. The highest BCUT2D eigenvalue weighted by Crippen LogP contribution is 2.45. The maximum absolute atomic E-state index is 12.8. The second-order valence-electron chi connectivity index (χ2n) is 9.37. The molecular formula is C25H28Br2N4O2. The van der Waals surface area contributed by atoms with Gasteiger partial charge in [-0.05, 0) is 88.8 Å². The lowest BCUT2D eigenvalue weighted by molar-refractivity contribution is -0.133. The van der Waals surface area contributed by atoms with Crippen molar-refractivity contribution in [1.82, 2.24) is 20.1 Å². The first-order valence-electron chi connectivity index (χ1n) is 11.6. The third-order valence-corrected chi connectivity index (χ3v) is 8.32. The van der Waals surface area contributed by atoms with E-state index < -0.39 is 0 Å². The lowest BCUT2D eigenvalue weighted by Gasteiger charge is -2.37. The molecule has 2 saturated heterocycles. The summed E-state index contributed by atoms with van der Waals surface area (Å²) >= 11 is 7.49. The Kier molecular flexibility index (Phi) is 6.49. The summed E-state index contributed by atoms with van der Waals surface area (Å²) in [6, 6.07) is 6.63. The van der Waals surface area contributed by atoms with Crippen molar-refractivity contribution in [2.45, 2.75) is 38.5 Å². The van der Waals surface area contributed by atoms with E-state index in [0.29, 0.717) is 19.0 Å². The molecule has 1 aromatic heterocycles. The molecule has 2 aliphatic heterocycles. The van der Waals surface area contributed by atoms with Gasteiger partial charge in [0.25, 0.3) is 0 Å². The zero-order valence-corrected chi connectivity index (χ0v) is 21.9.